The first-order valence-corrected chi connectivity index (χ1v) is 14.2. The number of carbonyl (C=O) groups excluding carboxylic acids is 1. The van der Waals surface area contributed by atoms with Gasteiger partial charge < -0.3 is 9.47 Å². The molecule has 0 saturated carbocycles. The van der Waals surface area contributed by atoms with Crippen molar-refractivity contribution in [3.8, 4) is 22.8 Å². The zero-order valence-corrected chi connectivity index (χ0v) is 22.7. The van der Waals surface area contributed by atoms with Gasteiger partial charge in [-0.1, -0.05) is 83.8 Å². The second-order valence-electron chi connectivity index (χ2n) is 9.77. The normalized spacial score (nSPS) is 10.9. The van der Waals surface area contributed by atoms with Crippen LogP contribution in [0.25, 0.3) is 11.3 Å². The summed E-state index contributed by atoms with van der Waals surface area (Å²) in [6, 6.07) is 19.4. The Labute approximate surface area is 223 Å². The zero-order chi connectivity index (χ0) is 26.1. The number of unbranched alkanes of at least 4 members (excludes halogenated alkanes) is 9. The predicted molar refractivity (Wildman–Crippen MR) is 152 cm³/mol. The molecule has 0 bridgehead atoms. The molecule has 0 radical (unpaired) electrons. The number of ether oxygens (including phenoxy) is 2. The highest BCUT2D eigenvalue weighted by Gasteiger charge is 2.10. The Morgan fingerprint density at radius 1 is 0.676 bits per heavy atom. The maximum absolute atomic E-state index is 12.6. The van der Waals surface area contributed by atoms with Crippen LogP contribution < -0.4 is 9.47 Å². The third-order valence-corrected chi connectivity index (χ3v) is 6.62. The number of aromatic nitrogens is 1. The number of carbonyl (C=O) groups is 1. The maximum Gasteiger partial charge on any atom is 0.343 e. The molecule has 0 spiro atoms. The molecular formula is C33H43NO3. The van der Waals surface area contributed by atoms with Crippen molar-refractivity contribution in [2.75, 3.05) is 6.61 Å². The molecule has 198 valence electrons. The van der Waals surface area contributed by atoms with Crippen molar-refractivity contribution < 1.29 is 14.3 Å². The number of benzene rings is 2. The molecule has 4 nitrogen and oxygen atoms in total. The first kappa shape index (κ1) is 28.4. The summed E-state index contributed by atoms with van der Waals surface area (Å²) in [5.74, 6) is 0.944. The van der Waals surface area contributed by atoms with Crippen molar-refractivity contribution in [2.45, 2.75) is 90.9 Å². The van der Waals surface area contributed by atoms with Crippen LogP contribution in [0.4, 0.5) is 0 Å². The summed E-state index contributed by atoms with van der Waals surface area (Å²) in [4.78, 5) is 17.1. The molecule has 0 aliphatic carbocycles. The minimum absolute atomic E-state index is 0.363. The zero-order valence-electron chi connectivity index (χ0n) is 22.7. The van der Waals surface area contributed by atoms with Crippen molar-refractivity contribution >= 4 is 5.97 Å². The average molecular weight is 502 g/mol. The SMILES string of the molecule is CCCCCCCCCCc1ccc(C(=O)Oc2ccc(-c3ccc(OCCCCC)cc3)nc2)cc1. The number of hydrogen-bond donors (Lipinski definition) is 0. The fraction of sp³-hybridized carbons (Fsp3) is 0.455. The van der Waals surface area contributed by atoms with Gasteiger partial charge in [0, 0.05) is 5.56 Å². The number of hydrogen-bond acceptors (Lipinski definition) is 4. The smallest absolute Gasteiger partial charge is 0.343 e. The number of nitrogens with zero attached hydrogens (tertiary/aromatic N) is 1. The van der Waals surface area contributed by atoms with Crippen LogP contribution in [0.15, 0.2) is 66.9 Å². The highest BCUT2D eigenvalue weighted by Crippen LogP contribution is 2.23. The van der Waals surface area contributed by atoms with Gasteiger partial charge in [-0.3, -0.25) is 4.98 Å². The summed E-state index contributed by atoms with van der Waals surface area (Å²) < 4.78 is 11.3. The molecule has 0 aliphatic rings. The van der Waals surface area contributed by atoms with Crippen LogP contribution in [0.1, 0.15) is 100 Å². The van der Waals surface area contributed by atoms with E-state index in [1.54, 1.807) is 12.3 Å². The van der Waals surface area contributed by atoms with Crippen LogP contribution >= 0.6 is 0 Å². The quantitative estimate of drug-likeness (QED) is 0.137. The molecule has 1 aromatic heterocycles. The summed E-state index contributed by atoms with van der Waals surface area (Å²) in [7, 11) is 0. The molecule has 0 unspecified atom stereocenters. The molecule has 4 heteroatoms. The molecular weight excluding hydrogens is 458 g/mol. The van der Waals surface area contributed by atoms with E-state index < -0.39 is 0 Å². The number of aryl methyl sites for hydroxylation is 1. The molecule has 1 heterocycles. The molecule has 0 saturated heterocycles. The lowest BCUT2D eigenvalue weighted by atomic mass is 10.0. The lowest BCUT2D eigenvalue weighted by Gasteiger charge is -2.08. The van der Waals surface area contributed by atoms with Crippen molar-refractivity contribution in [3.63, 3.8) is 0 Å². The first-order valence-electron chi connectivity index (χ1n) is 14.2. The second kappa shape index (κ2) is 16.6. The maximum atomic E-state index is 12.6. The van der Waals surface area contributed by atoms with Crippen LogP contribution in [0, 0.1) is 0 Å². The lowest BCUT2D eigenvalue weighted by molar-refractivity contribution is 0.0734. The summed E-state index contributed by atoms with van der Waals surface area (Å²) in [5.41, 5.74) is 3.64. The lowest BCUT2D eigenvalue weighted by Crippen LogP contribution is -2.08. The van der Waals surface area contributed by atoms with Gasteiger partial charge in [0.25, 0.3) is 0 Å². The highest BCUT2D eigenvalue weighted by molar-refractivity contribution is 5.91. The standard InChI is InChI=1S/C33H43NO3/c1-3-5-7-8-9-10-11-12-14-27-15-17-29(18-16-27)33(35)37-31-23-24-32(34-26-31)28-19-21-30(22-20-28)36-25-13-6-4-2/h15-24,26H,3-14,25H2,1-2H3. The number of pyridine rings is 1. The van der Waals surface area contributed by atoms with Gasteiger partial charge in [0.15, 0.2) is 0 Å². The van der Waals surface area contributed by atoms with Crippen LogP contribution in [0.5, 0.6) is 11.5 Å². The topological polar surface area (TPSA) is 48.4 Å². The van der Waals surface area contributed by atoms with Gasteiger partial charge in [0.2, 0.25) is 0 Å². The Morgan fingerprint density at radius 3 is 1.95 bits per heavy atom. The van der Waals surface area contributed by atoms with Crippen molar-refractivity contribution in [3.05, 3.63) is 78.0 Å². The molecule has 0 aliphatic heterocycles. The van der Waals surface area contributed by atoms with Gasteiger partial charge in [0.05, 0.1) is 24.1 Å². The van der Waals surface area contributed by atoms with E-state index in [0.717, 1.165) is 36.5 Å². The molecule has 3 aromatic rings. The van der Waals surface area contributed by atoms with E-state index in [2.05, 4.69) is 18.8 Å². The molecule has 37 heavy (non-hydrogen) atoms. The number of esters is 1. The Balaban J connectivity index is 1.41. The van der Waals surface area contributed by atoms with E-state index >= 15 is 0 Å². The Kier molecular flexibility index (Phi) is 12.7. The monoisotopic (exact) mass is 501 g/mol. The molecule has 2 aromatic carbocycles. The van der Waals surface area contributed by atoms with Gasteiger partial charge in [-0.2, -0.15) is 0 Å². The van der Waals surface area contributed by atoms with Crippen molar-refractivity contribution in [2.24, 2.45) is 0 Å². The van der Waals surface area contributed by atoms with E-state index in [-0.39, 0.29) is 5.97 Å². The van der Waals surface area contributed by atoms with Gasteiger partial charge in [0.1, 0.15) is 11.5 Å². The van der Waals surface area contributed by atoms with Gasteiger partial charge in [-0.15, -0.1) is 0 Å². The molecule has 3 rings (SSSR count). The highest BCUT2D eigenvalue weighted by atomic mass is 16.5. The van der Waals surface area contributed by atoms with E-state index in [1.165, 1.54) is 69.8 Å². The Morgan fingerprint density at radius 2 is 1.30 bits per heavy atom. The summed E-state index contributed by atoms with van der Waals surface area (Å²) in [5, 5.41) is 0. The Hall–Kier alpha value is -3.14. The fourth-order valence-electron chi connectivity index (χ4n) is 4.31. The van der Waals surface area contributed by atoms with Crippen LogP contribution in [-0.2, 0) is 6.42 Å². The first-order chi connectivity index (χ1) is 18.2. The van der Waals surface area contributed by atoms with Crippen molar-refractivity contribution in [1.29, 1.82) is 0 Å². The van der Waals surface area contributed by atoms with Gasteiger partial charge >= 0.3 is 5.97 Å². The minimum atomic E-state index is -0.363. The molecule has 0 N–H and O–H groups in total. The van der Waals surface area contributed by atoms with E-state index in [4.69, 9.17) is 9.47 Å². The van der Waals surface area contributed by atoms with Gasteiger partial charge in [-0.05, 0) is 73.4 Å². The van der Waals surface area contributed by atoms with Crippen LogP contribution in [0.3, 0.4) is 0 Å². The third kappa shape index (κ3) is 10.4. The van der Waals surface area contributed by atoms with E-state index in [0.29, 0.717) is 11.3 Å². The van der Waals surface area contributed by atoms with E-state index in [1.807, 2.05) is 54.6 Å². The minimum Gasteiger partial charge on any atom is -0.494 e. The largest absolute Gasteiger partial charge is 0.494 e. The Bertz CT molecular complexity index is 1030. The number of rotatable bonds is 17. The molecule has 0 amide bonds. The average Bonchev–Trinajstić information content (AvgIpc) is 2.94. The summed E-state index contributed by atoms with van der Waals surface area (Å²) in [6.45, 7) is 5.18. The van der Waals surface area contributed by atoms with Crippen molar-refractivity contribution in [1.82, 2.24) is 4.98 Å². The molecule has 0 fully saturated rings. The summed E-state index contributed by atoms with van der Waals surface area (Å²) in [6.07, 6.45) is 16.6. The second-order valence-corrected chi connectivity index (χ2v) is 9.77. The third-order valence-electron chi connectivity index (χ3n) is 6.62. The van der Waals surface area contributed by atoms with Crippen LogP contribution in [-0.4, -0.2) is 17.6 Å². The van der Waals surface area contributed by atoms with Gasteiger partial charge in [-0.25, -0.2) is 4.79 Å². The molecule has 0 atom stereocenters. The summed E-state index contributed by atoms with van der Waals surface area (Å²) >= 11 is 0. The van der Waals surface area contributed by atoms with E-state index in [9.17, 15) is 4.79 Å². The van der Waals surface area contributed by atoms with Crippen LogP contribution in [0.2, 0.25) is 0 Å². The fourth-order valence-corrected chi connectivity index (χ4v) is 4.31. The predicted octanol–water partition coefficient (Wildman–Crippen LogP) is 9.22.